The molecule has 2 aromatic carbocycles. The van der Waals surface area contributed by atoms with Gasteiger partial charge in [-0.1, -0.05) is 38.3 Å². The highest BCUT2D eigenvalue weighted by atomic mass is 16.5. The summed E-state index contributed by atoms with van der Waals surface area (Å²) in [4.78, 5) is 11.4. The van der Waals surface area contributed by atoms with Gasteiger partial charge in [-0.25, -0.2) is 4.79 Å². The van der Waals surface area contributed by atoms with Gasteiger partial charge < -0.3 is 24.7 Å². The molecule has 2 aromatic rings. The van der Waals surface area contributed by atoms with E-state index in [9.17, 15) is 9.90 Å². The Morgan fingerprint density at radius 2 is 1.70 bits per heavy atom. The predicted molar refractivity (Wildman–Crippen MR) is 118 cm³/mol. The largest absolute Gasteiger partial charge is 0.494 e. The number of carbonyl (C=O) groups is 1. The van der Waals surface area contributed by atoms with Crippen LogP contribution in [0.4, 0.5) is 0 Å². The molecular weight excluding hydrogens is 382 g/mol. The number of benzene rings is 2. The third kappa shape index (κ3) is 7.78. The van der Waals surface area contributed by atoms with Gasteiger partial charge in [-0.2, -0.15) is 0 Å². The summed E-state index contributed by atoms with van der Waals surface area (Å²) in [7, 11) is 0. The zero-order valence-corrected chi connectivity index (χ0v) is 17.9. The van der Waals surface area contributed by atoms with Crippen molar-refractivity contribution >= 4 is 11.7 Å². The van der Waals surface area contributed by atoms with E-state index in [1.807, 2.05) is 38.1 Å². The topological polar surface area (TPSA) is 88.8 Å². The van der Waals surface area contributed by atoms with Crippen molar-refractivity contribution in [2.45, 2.75) is 52.6 Å². The van der Waals surface area contributed by atoms with Crippen LogP contribution < -0.4 is 14.2 Å². The molecule has 0 saturated heterocycles. The summed E-state index contributed by atoms with van der Waals surface area (Å²) >= 11 is 0. The average Bonchev–Trinajstić information content (AvgIpc) is 2.71. The van der Waals surface area contributed by atoms with E-state index in [0.29, 0.717) is 23.7 Å². The molecule has 0 saturated carbocycles. The number of nitrogens with one attached hydrogen (secondary N) is 1. The maximum Gasteiger partial charge on any atom is 0.335 e. The van der Waals surface area contributed by atoms with Gasteiger partial charge in [-0.3, -0.25) is 0 Å². The molecule has 0 amide bonds. The average molecular weight is 414 g/mol. The second-order valence-corrected chi connectivity index (χ2v) is 7.37. The molecule has 6 heteroatoms. The SMILES string of the molecule is CCCCCCOc1cccc(C(=N)COc2cc(OC(C)C)cc(C(=O)O)c2)c1. The van der Waals surface area contributed by atoms with E-state index in [4.69, 9.17) is 19.6 Å². The van der Waals surface area contributed by atoms with Crippen LogP contribution >= 0.6 is 0 Å². The number of rotatable bonds is 13. The summed E-state index contributed by atoms with van der Waals surface area (Å²) < 4.78 is 17.1. The highest BCUT2D eigenvalue weighted by Gasteiger charge is 2.11. The Morgan fingerprint density at radius 3 is 2.40 bits per heavy atom. The van der Waals surface area contributed by atoms with Crippen LogP contribution in [0.15, 0.2) is 42.5 Å². The predicted octanol–water partition coefficient (Wildman–Crippen LogP) is 5.58. The molecule has 0 unspecified atom stereocenters. The highest BCUT2D eigenvalue weighted by molar-refractivity contribution is 5.99. The fraction of sp³-hybridized carbons (Fsp3) is 0.417. The zero-order valence-electron chi connectivity index (χ0n) is 17.9. The number of aromatic carboxylic acids is 1. The van der Waals surface area contributed by atoms with E-state index >= 15 is 0 Å². The van der Waals surface area contributed by atoms with Crippen LogP contribution in [0.3, 0.4) is 0 Å². The highest BCUT2D eigenvalue weighted by Crippen LogP contribution is 2.24. The van der Waals surface area contributed by atoms with Gasteiger partial charge in [0.25, 0.3) is 0 Å². The van der Waals surface area contributed by atoms with Crippen LogP contribution in [0.5, 0.6) is 17.2 Å². The van der Waals surface area contributed by atoms with Crippen LogP contribution in [0.1, 0.15) is 62.4 Å². The zero-order chi connectivity index (χ0) is 21.9. The molecule has 162 valence electrons. The van der Waals surface area contributed by atoms with Gasteiger partial charge in [0, 0.05) is 11.6 Å². The fourth-order valence-corrected chi connectivity index (χ4v) is 2.85. The first-order chi connectivity index (χ1) is 14.4. The lowest BCUT2D eigenvalue weighted by atomic mass is 10.1. The summed E-state index contributed by atoms with van der Waals surface area (Å²) in [5.41, 5.74) is 1.06. The normalized spacial score (nSPS) is 10.7. The van der Waals surface area contributed by atoms with Gasteiger partial charge in [-0.05, 0) is 44.5 Å². The second-order valence-electron chi connectivity index (χ2n) is 7.37. The Bertz CT molecular complexity index is 847. The van der Waals surface area contributed by atoms with E-state index in [1.54, 1.807) is 6.07 Å². The monoisotopic (exact) mass is 413 g/mol. The number of unbranched alkanes of at least 4 members (excludes halogenated alkanes) is 3. The first-order valence-electron chi connectivity index (χ1n) is 10.4. The Hall–Kier alpha value is -3.02. The molecule has 0 radical (unpaired) electrons. The first-order valence-corrected chi connectivity index (χ1v) is 10.4. The van der Waals surface area contributed by atoms with Crippen molar-refractivity contribution in [2.75, 3.05) is 13.2 Å². The van der Waals surface area contributed by atoms with Crippen LogP contribution in [0.2, 0.25) is 0 Å². The minimum atomic E-state index is -1.06. The number of carboxylic acid groups (broad SMARTS) is 1. The van der Waals surface area contributed by atoms with E-state index in [0.717, 1.165) is 18.6 Å². The van der Waals surface area contributed by atoms with E-state index < -0.39 is 5.97 Å². The van der Waals surface area contributed by atoms with Crippen molar-refractivity contribution in [3.8, 4) is 17.2 Å². The third-order valence-electron chi connectivity index (χ3n) is 4.33. The molecule has 0 fully saturated rings. The molecule has 2 rings (SSSR count). The summed E-state index contributed by atoms with van der Waals surface area (Å²) in [6.45, 7) is 6.57. The molecule has 0 aliphatic carbocycles. The summed E-state index contributed by atoms with van der Waals surface area (Å²) in [5.74, 6) is 0.436. The van der Waals surface area contributed by atoms with Gasteiger partial charge in [-0.15, -0.1) is 0 Å². The number of ether oxygens (including phenoxy) is 3. The van der Waals surface area contributed by atoms with Gasteiger partial charge in [0.05, 0.1) is 24.0 Å². The smallest absolute Gasteiger partial charge is 0.335 e. The fourth-order valence-electron chi connectivity index (χ4n) is 2.85. The van der Waals surface area contributed by atoms with Gasteiger partial charge in [0.2, 0.25) is 0 Å². The second kappa shape index (κ2) is 11.9. The van der Waals surface area contributed by atoms with Gasteiger partial charge in [0.1, 0.15) is 23.9 Å². The van der Waals surface area contributed by atoms with Crippen molar-refractivity contribution in [1.82, 2.24) is 0 Å². The number of hydrogen-bond donors (Lipinski definition) is 2. The third-order valence-corrected chi connectivity index (χ3v) is 4.33. The lowest BCUT2D eigenvalue weighted by Gasteiger charge is -2.14. The molecule has 0 atom stereocenters. The van der Waals surface area contributed by atoms with E-state index in [2.05, 4.69) is 6.92 Å². The number of hydrogen-bond acceptors (Lipinski definition) is 5. The van der Waals surface area contributed by atoms with Gasteiger partial charge >= 0.3 is 5.97 Å². The molecule has 0 aliphatic rings. The Balaban J connectivity index is 1.99. The van der Waals surface area contributed by atoms with Gasteiger partial charge in [0.15, 0.2) is 0 Å². The van der Waals surface area contributed by atoms with Crippen molar-refractivity contribution in [3.05, 3.63) is 53.6 Å². The van der Waals surface area contributed by atoms with Crippen molar-refractivity contribution < 1.29 is 24.1 Å². The molecular formula is C24H31NO5. The minimum absolute atomic E-state index is 0.00411. The first kappa shape index (κ1) is 23.3. The quantitative estimate of drug-likeness (QED) is 0.331. The van der Waals surface area contributed by atoms with Crippen LogP contribution in [0.25, 0.3) is 0 Å². The summed E-state index contributed by atoms with van der Waals surface area (Å²) in [6.07, 6.45) is 4.47. The lowest BCUT2D eigenvalue weighted by Crippen LogP contribution is -2.13. The van der Waals surface area contributed by atoms with E-state index in [1.165, 1.54) is 25.0 Å². The molecule has 0 aliphatic heterocycles. The molecule has 0 spiro atoms. The lowest BCUT2D eigenvalue weighted by molar-refractivity contribution is 0.0695. The summed E-state index contributed by atoms with van der Waals surface area (Å²) in [6, 6.07) is 11.9. The van der Waals surface area contributed by atoms with Crippen LogP contribution in [-0.4, -0.2) is 36.1 Å². The molecule has 2 N–H and O–H groups in total. The van der Waals surface area contributed by atoms with Crippen molar-refractivity contribution in [3.63, 3.8) is 0 Å². The maximum atomic E-state index is 11.4. The minimum Gasteiger partial charge on any atom is -0.494 e. The molecule has 0 heterocycles. The Labute approximate surface area is 178 Å². The molecule has 6 nitrogen and oxygen atoms in total. The van der Waals surface area contributed by atoms with Crippen molar-refractivity contribution in [2.24, 2.45) is 0 Å². The Kier molecular flexibility index (Phi) is 9.19. The molecule has 30 heavy (non-hydrogen) atoms. The summed E-state index contributed by atoms with van der Waals surface area (Å²) in [5, 5.41) is 17.6. The van der Waals surface area contributed by atoms with E-state index in [-0.39, 0.29) is 24.0 Å². The standard InChI is InChI=1S/C24H31NO5/c1-4-5-6-7-11-28-20-10-8-9-18(12-20)23(25)16-29-21-13-19(24(26)27)14-22(15-21)30-17(2)3/h8-10,12-15,17,25H,4-7,11,16H2,1-3H3,(H,26,27). The van der Waals surface area contributed by atoms with Crippen LogP contribution in [-0.2, 0) is 0 Å². The molecule has 0 bridgehead atoms. The van der Waals surface area contributed by atoms with Crippen molar-refractivity contribution in [1.29, 1.82) is 5.41 Å². The Morgan fingerprint density at radius 1 is 0.967 bits per heavy atom. The molecule has 0 aromatic heterocycles. The van der Waals surface area contributed by atoms with Crippen LogP contribution in [0, 0.1) is 5.41 Å². The maximum absolute atomic E-state index is 11.4. The number of carboxylic acids is 1.